The lowest BCUT2D eigenvalue weighted by atomic mass is 9.79. The quantitative estimate of drug-likeness (QED) is 0.207. The highest BCUT2D eigenvalue weighted by atomic mass is 19.2. The number of piperidine rings is 1. The van der Waals surface area contributed by atoms with Gasteiger partial charge in [0.1, 0.15) is 6.04 Å². The topological polar surface area (TPSA) is 94.0 Å². The lowest BCUT2D eigenvalue weighted by molar-refractivity contribution is -0.128. The number of hydrogen-bond acceptors (Lipinski definition) is 4. The summed E-state index contributed by atoms with van der Waals surface area (Å²) >= 11 is 0. The van der Waals surface area contributed by atoms with Gasteiger partial charge in [0.05, 0.1) is 17.2 Å². The van der Waals surface area contributed by atoms with E-state index >= 15 is 0 Å². The zero-order chi connectivity index (χ0) is 29.1. The van der Waals surface area contributed by atoms with Gasteiger partial charge < -0.3 is 16.0 Å². The van der Waals surface area contributed by atoms with Crippen molar-refractivity contribution in [2.24, 2.45) is 0 Å². The molecule has 3 rings (SSSR count). The molecule has 1 aliphatic heterocycles. The summed E-state index contributed by atoms with van der Waals surface area (Å²) in [5.41, 5.74) is -0.823. The van der Waals surface area contributed by atoms with E-state index in [1.165, 1.54) is 0 Å². The summed E-state index contributed by atoms with van der Waals surface area (Å²) in [7, 11) is 0. The smallest absolute Gasteiger partial charge is 0.244 e. The molecule has 6 nitrogen and oxygen atoms in total. The molecule has 1 saturated heterocycles. The zero-order valence-corrected chi connectivity index (χ0v) is 21.9. The fourth-order valence-corrected chi connectivity index (χ4v) is 5.03. The molecule has 0 spiro atoms. The summed E-state index contributed by atoms with van der Waals surface area (Å²) in [5, 5.41) is 17.9. The maximum atomic E-state index is 14.0. The highest BCUT2D eigenvalue weighted by molar-refractivity contribution is 5.95. The molecule has 2 aromatic rings. The minimum Gasteiger partial charge on any atom is -0.351 e. The SMILES string of the molecule is CC1(C)CC(NC(=O)C(Cc2ccc(C#N)cc2)NC(=O)/C=C/c2c(F)c(F)c(F)c(F)c2F)CC(C)(C)N1. The van der Waals surface area contributed by atoms with Gasteiger partial charge in [-0.05, 0) is 64.3 Å². The first-order valence-electron chi connectivity index (χ1n) is 12.2. The molecule has 1 heterocycles. The number of rotatable bonds is 7. The summed E-state index contributed by atoms with van der Waals surface area (Å²) in [6.45, 7) is 8.03. The number of amides is 2. The molecule has 1 atom stereocenters. The number of nitrogens with zero attached hydrogens (tertiary/aromatic N) is 1. The van der Waals surface area contributed by atoms with E-state index in [1.807, 2.05) is 33.8 Å². The van der Waals surface area contributed by atoms with Crippen LogP contribution in [0.4, 0.5) is 22.0 Å². The van der Waals surface area contributed by atoms with Gasteiger partial charge in [0.15, 0.2) is 23.3 Å². The van der Waals surface area contributed by atoms with Crippen LogP contribution in [-0.2, 0) is 16.0 Å². The summed E-state index contributed by atoms with van der Waals surface area (Å²) < 4.78 is 68.3. The van der Waals surface area contributed by atoms with Crippen molar-refractivity contribution in [1.29, 1.82) is 5.26 Å². The molecule has 1 aliphatic rings. The minimum atomic E-state index is -2.31. The summed E-state index contributed by atoms with van der Waals surface area (Å²) in [6.07, 6.45) is 2.28. The fourth-order valence-electron chi connectivity index (χ4n) is 5.03. The number of halogens is 5. The number of hydrogen-bond donors (Lipinski definition) is 3. The van der Waals surface area contributed by atoms with Crippen LogP contribution in [0.1, 0.15) is 57.2 Å². The summed E-state index contributed by atoms with van der Waals surface area (Å²) in [5.74, 6) is -12.3. The Morgan fingerprint density at radius 2 is 1.49 bits per heavy atom. The van der Waals surface area contributed by atoms with Gasteiger partial charge in [-0.2, -0.15) is 5.26 Å². The van der Waals surface area contributed by atoms with Crippen LogP contribution in [0.15, 0.2) is 30.3 Å². The molecule has 39 heavy (non-hydrogen) atoms. The van der Waals surface area contributed by atoms with Gasteiger partial charge >= 0.3 is 0 Å². The van der Waals surface area contributed by atoms with Gasteiger partial charge in [-0.3, -0.25) is 9.59 Å². The average Bonchev–Trinajstić information content (AvgIpc) is 2.84. The predicted molar refractivity (Wildman–Crippen MR) is 135 cm³/mol. The van der Waals surface area contributed by atoms with Crippen molar-refractivity contribution in [3.05, 3.63) is 76.1 Å². The van der Waals surface area contributed by atoms with Crippen LogP contribution in [0.3, 0.4) is 0 Å². The molecule has 0 radical (unpaired) electrons. The summed E-state index contributed by atoms with van der Waals surface area (Å²) in [4.78, 5) is 26.0. The predicted octanol–water partition coefficient (Wildman–Crippen LogP) is 4.42. The normalized spacial score (nSPS) is 17.4. The van der Waals surface area contributed by atoms with Gasteiger partial charge in [0.2, 0.25) is 17.6 Å². The molecular weight excluding hydrogens is 519 g/mol. The third kappa shape index (κ3) is 7.41. The molecule has 0 bridgehead atoms. The largest absolute Gasteiger partial charge is 0.351 e. The Kier molecular flexibility index (Phi) is 8.80. The van der Waals surface area contributed by atoms with Crippen LogP contribution in [0.2, 0.25) is 0 Å². The van der Waals surface area contributed by atoms with Crippen molar-refractivity contribution in [1.82, 2.24) is 16.0 Å². The molecule has 2 aromatic carbocycles. The van der Waals surface area contributed by atoms with Gasteiger partial charge in [0, 0.05) is 29.6 Å². The Bertz CT molecular complexity index is 1290. The van der Waals surface area contributed by atoms with Crippen LogP contribution in [0.25, 0.3) is 6.08 Å². The molecular formula is C28H29F5N4O2. The molecule has 1 fully saturated rings. The maximum absolute atomic E-state index is 14.0. The van der Waals surface area contributed by atoms with Crippen molar-refractivity contribution >= 4 is 17.9 Å². The molecule has 0 aromatic heterocycles. The summed E-state index contributed by atoms with van der Waals surface area (Å²) in [6, 6.07) is 6.94. The Labute approximate surface area is 223 Å². The van der Waals surface area contributed by atoms with Crippen LogP contribution < -0.4 is 16.0 Å². The highest BCUT2D eigenvalue weighted by Crippen LogP contribution is 2.29. The second-order valence-electron chi connectivity index (χ2n) is 10.9. The molecule has 2 amide bonds. The van der Waals surface area contributed by atoms with E-state index in [-0.39, 0.29) is 23.5 Å². The van der Waals surface area contributed by atoms with Gasteiger partial charge in [0.25, 0.3) is 0 Å². The lowest BCUT2D eigenvalue weighted by Crippen LogP contribution is -2.63. The van der Waals surface area contributed by atoms with E-state index in [9.17, 15) is 31.5 Å². The molecule has 0 aliphatic carbocycles. The minimum absolute atomic E-state index is 0.0113. The van der Waals surface area contributed by atoms with Crippen molar-refractivity contribution in [3.63, 3.8) is 0 Å². The van der Waals surface area contributed by atoms with Crippen LogP contribution >= 0.6 is 0 Å². The van der Waals surface area contributed by atoms with Gasteiger partial charge in [-0.1, -0.05) is 12.1 Å². The fraction of sp³-hybridized carbons (Fsp3) is 0.393. The standard InChI is InChI=1S/C28H29F5N4O2/c1-27(2)12-17(13-28(3,4)37-27)35-26(39)19(11-15-5-7-16(14-34)8-6-15)36-20(38)10-9-18-21(29)23(31)25(33)24(32)22(18)30/h5-10,17,19,37H,11-13H2,1-4H3,(H,35,39)(H,36,38)/b10-9+. The number of benzene rings is 2. The Morgan fingerprint density at radius 3 is 2.00 bits per heavy atom. The Hall–Kier alpha value is -3.78. The van der Waals surface area contributed by atoms with E-state index in [4.69, 9.17) is 5.26 Å². The van der Waals surface area contributed by atoms with E-state index in [1.54, 1.807) is 24.3 Å². The van der Waals surface area contributed by atoms with E-state index < -0.39 is 52.5 Å². The first-order valence-corrected chi connectivity index (χ1v) is 12.2. The second kappa shape index (κ2) is 11.5. The maximum Gasteiger partial charge on any atom is 0.244 e. The van der Waals surface area contributed by atoms with E-state index in [2.05, 4.69) is 16.0 Å². The number of nitriles is 1. The lowest BCUT2D eigenvalue weighted by Gasteiger charge is -2.46. The zero-order valence-electron chi connectivity index (χ0n) is 21.9. The third-order valence-electron chi connectivity index (χ3n) is 6.34. The number of nitrogens with one attached hydrogen (secondary N) is 3. The second-order valence-corrected chi connectivity index (χ2v) is 10.9. The monoisotopic (exact) mass is 548 g/mol. The van der Waals surface area contributed by atoms with Crippen molar-refractivity contribution in [2.75, 3.05) is 0 Å². The number of carbonyl (C=O) groups excluding carboxylic acids is 2. The Balaban J connectivity index is 1.83. The first-order chi connectivity index (χ1) is 18.1. The van der Waals surface area contributed by atoms with Crippen molar-refractivity contribution in [2.45, 2.75) is 70.1 Å². The van der Waals surface area contributed by atoms with E-state index in [0.717, 1.165) is 0 Å². The van der Waals surface area contributed by atoms with Crippen molar-refractivity contribution in [3.8, 4) is 6.07 Å². The van der Waals surface area contributed by atoms with E-state index in [0.29, 0.717) is 36.1 Å². The third-order valence-corrected chi connectivity index (χ3v) is 6.34. The average molecular weight is 549 g/mol. The molecule has 0 saturated carbocycles. The van der Waals surface area contributed by atoms with Crippen LogP contribution in [-0.4, -0.2) is 35.0 Å². The molecule has 11 heteroatoms. The Morgan fingerprint density at radius 1 is 0.974 bits per heavy atom. The first kappa shape index (κ1) is 29.8. The van der Waals surface area contributed by atoms with Crippen LogP contribution in [0.5, 0.6) is 0 Å². The highest BCUT2D eigenvalue weighted by Gasteiger charge is 2.39. The number of carbonyl (C=O) groups is 2. The van der Waals surface area contributed by atoms with Gasteiger partial charge in [-0.15, -0.1) is 0 Å². The van der Waals surface area contributed by atoms with Gasteiger partial charge in [-0.25, -0.2) is 22.0 Å². The molecule has 1 unspecified atom stereocenters. The van der Waals surface area contributed by atoms with Crippen LogP contribution in [0, 0.1) is 40.4 Å². The molecule has 3 N–H and O–H groups in total. The van der Waals surface area contributed by atoms with Crippen molar-refractivity contribution < 1.29 is 31.5 Å². The molecule has 208 valence electrons.